The third-order valence-electron chi connectivity index (χ3n) is 2.65. The zero-order valence-corrected chi connectivity index (χ0v) is 11.0. The Labute approximate surface area is 121 Å². The molecule has 0 saturated heterocycles. The van der Waals surface area contributed by atoms with Crippen molar-refractivity contribution in [2.75, 3.05) is 0 Å². The molecule has 0 radical (unpaired) electrons. The molecule has 6 nitrogen and oxygen atoms in total. The number of halogens is 3. The average molecular weight is 313 g/mol. The van der Waals surface area contributed by atoms with E-state index in [9.17, 15) is 22.8 Å². The lowest BCUT2D eigenvalue weighted by Crippen LogP contribution is -2.20. The molecule has 116 valence electrons. The fourth-order valence-electron chi connectivity index (χ4n) is 1.68. The number of nitrogens with zero attached hydrogens (tertiary/aromatic N) is 2. The van der Waals surface area contributed by atoms with Gasteiger partial charge in [-0.1, -0.05) is 0 Å². The van der Waals surface area contributed by atoms with Gasteiger partial charge in [0.2, 0.25) is 5.91 Å². The third kappa shape index (κ3) is 3.84. The van der Waals surface area contributed by atoms with Gasteiger partial charge in [0.25, 0.3) is 0 Å². The Morgan fingerprint density at radius 2 is 2.00 bits per heavy atom. The summed E-state index contributed by atoms with van der Waals surface area (Å²) in [6.07, 6.45) is -0.688. The van der Waals surface area contributed by atoms with Gasteiger partial charge in [-0.25, -0.2) is 9.78 Å². The molecule has 0 aromatic carbocycles. The highest BCUT2D eigenvalue weighted by atomic mass is 19.4. The monoisotopic (exact) mass is 313 g/mol. The molecule has 2 aromatic heterocycles. The second-order valence-corrected chi connectivity index (χ2v) is 4.30. The van der Waals surface area contributed by atoms with Crippen molar-refractivity contribution in [1.29, 1.82) is 0 Å². The second kappa shape index (κ2) is 5.88. The van der Waals surface area contributed by atoms with E-state index in [1.54, 1.807) is 0 Å². The number of pyridine rings is 1. The highest BCUT2D eigenvalue weighted by molar-refractivity contribution is 5.93. The smallest absolute Gasteiger partial charge is 0.417 e. The SMILES string of the molecule is O=C(O)/C=C/C(=O)NCc1cn2cc(C(F)(F)F)ccc2n1. The molecule has 0 fully saturated rings. The molecule has 0 saturated carbocycles. The first-order chi connectivity index (χ1) is 10.3. The van der Waals surface area contributed by atoms with E-state index in [2.05, 4.69) is 10.3 Å². The van der Waals surface area contributed by atoms with Crippen molar-refractivity contribution in [3.05, 3.63) is 47.9 Å². The zero-order valence-electron chi connectivity index (χ0n) is 11.0. The van der Waals surface area contributed by atoms with Crippen molar-refractivity contribution < 1.29 is 27.9 Å². The number of aliphatic carboxylic acids is 1. The summed E-state index contributed by atoms with van der Waals surface area (Å²) in [6.45, 7) is -0.0359. The van der Waals surface area contributed by atoms with Crippen LogP contribution in [0.15, 0.2) is 36.7 Å². The number of carbonyl (C=O) groups is 2. The summed E-state index contributed by atoms with van der Waals surface area (Å²) in [5, 5.41) is 10.7. The molecule has 0 atom stereocenters. The number of amides is 1. The molecular formula is C13H10F3N3O3. The number of hydrogen-bond donors (Lipinski definition) is 2. The number of carboxylic acids is 1. The van der Waals surface area contributed by atoms with Gasteiger partial charge in [0.1, 0.15) is 5.65 Å². The summed E-state index contributed by atoms with van der Waals surface area (Å²) in [7, 11) is 0. The average Bonchev–Trinajstić information content (AvgIpc) is 2.83. The zero-order chi connectivity index (χ0) is 16.3. The molecular weight excluding hydrogens is 303 g/mol. The first kappa shape index (κ1) is 15.5. The quantitative estimate of drug-likeness (QED) is 0.840. The first-order valence-electron chi connectivity index (χ1n) is 5.99. The fraction of sp³-hybridized carbons (Fsp3) is 0.154. The van der Waals surface area contributed by atoms with Crippen molar-refractivity contribution in [2.24, 2.45) is 0 Å². The van der Waals surface area contributed by atoms with Crippen LogP contribution in [-0.4, -0.2) is 26.4 Å². The van der Waals surface area contributed by atoms with Crippen molar-refractivity contribution >= 4 is 17.5 Å². The van der Waals surface area contributed by atoms with E-state index in [1.165, 1.54) is 16.7 Å². The van der Waals surface area contributed by atoms with Crippen LogP contribution < -0.4 is 5.32 Å². The minimum absolute atomic E-state index is 0.0359. The predicted octanol–water partition coefficient (Wildman–Crippen LogP) is 1.61. The van der Waals surface area contributed by atoms with Crippen LogP contribution in [0.3, 0.4) is 0 Å². The molecule has 0 spiro atoms. The van der Waals surface area contributed by atoms with E-state index >= 15 is 0 Å². The van der Waals surface area contributed by atoms with E-state index in [-0.39, 0.29) is 6.54 Å². The molecule has 2 rings (SSSR count). The molecule has 2 aromatic rings. The maximum absolute atomic E-state index is 12.6. The molecule has 0 unspecified atom stereocenters. The molecule has 0 aliphatic carbocycles. The Morgan fingerprint density at radius 1 is 1.27 bits per heavy atom. The van der Waals surface area contributed by atoms with Gasteiger partial charge in [-0.3, -0.25) is 4.79 Å². The Balaban J connectivity index is 2.10. The highest BCUT2D eigenvalue weighted by Crippen LogP contribution is 2.29. The number of carboxylic acid groups (broad SMARTS) is 1. The van der Waals surface area contributed by atoms with E-state index in [4.69, 9.17) is 5.11 Å². The van der Waals surface area contributed by atoms with Crippen LogP contribution in [0.5, 0.6) is 0 Å². The van der Waals surface area contributed by atoms with Crippen LogP contribution in [0.2, 0.25) is 0 Å². The minimum atomic E-state index is -4.45. The number of carbonyl (C=O) groups excluding carboxylic acids is 1. The molecule has 0 aliphatic heterocycles. The first-order valence-corrected chi connectivity index (χ1v) is 5.99. The summed E-state index contributed by atoms with van der Waals surface area (Å²) in [5.41, 5.74) is -0.160. The van der Waals surface area contributed by atoms with Crippen molar-refractivity contribution in [3.63, 3.8) is 0 Å². The van der Waals surface area contributed by atoms with Gasteiger partial charge in [0, 0.05) is 24.5 Å². The number of hydrogen-bond acceptors (Lipinski definition) is 3. The normalized spacial score (nSPS) is 12.0. The van der Waals surface area contributed by atoms with Gasteiger partial charge in [-0.05, 0) is 12.1 Å². The highest BCUT2D eigenvalue weighted by Gasteiger charge is 2.30. The van der Waals surface area contributed by atoms with Crippen molar-refractivity contribution in [2.45, 2.75) is 12.7 Å². The topological polar surface area (TPSA) is 83.7 Å². The van der Waals surface area contributed by atoms with Gasteiger partial charge in [0.05, 0.1) is 17.8 Å². The number of aromatic nitrogens is 2. The predicted molar refractivity (Wildman–Crippen MR) is 68.8 cm³/mol. The van der Waals surface area contributed by atoms with E-state index in [0.29, 0.717) is 17.4 Å². The van der Waals surface area contributed by atoms with Crippen LogP contribution in [0.4, 0.5) is 13.2 Å². The number of rotatable bonds is 4. The maximum Gasteiger partial charge on any atom is 0.417 e. The molecule has 0 aliphatic rings. The lowest BCUT2D eigenvalue weighted by molar-refractivity contribution is -0.138. The van der Waals surface area contributed by atoms with Crippen molar-refractivity contribution in [1.82, 2.24) is 14.7 Å². The van der Waals surface area contributed by atoms with Crippen LogP contribution >= 0.6 is 0 Å². The molecule has 22 heavy (non-hydrogen) atoms. The summed E-state index contributed by atoms with van der Waals surface area (Å²) in [4.78, 5) is 25.6. The lowest BCUT2D eigenvalue weighted by Gasteiger charge is -2.05. The molecule has 1 amide bonds. The van der Waals surface area contributed by atoms with Crippen molar-refractivity contribution in [3.8, 4) is 0 Å². The lowest BCUT2D eigenvalue weighted by atomic mass is 10.3. The number of fused-ring (bicyclic) bond motifs is 1. The molecule has 0 bridgehead atoms. The minimum Gasteiger partial charge on any atom is -0.478 e. The van der Waals surface area contributed by atoms with E-state index in [0.717, 1.165) is 18.3 Å². The molecule has 9 heteroatoms. The van der Waals surface area contributed by atoms with Crippen LogP contribution in [-0.2, 0) is 22.3 Å². The van der Waals surface area contributed by atoms with Gasteiger partial charge in [-0.15, -0.1) is 0 Å². The summed E-state index contributed by atoms with van der Waals surface area (Å²) < 4.78 is 38.9. The molecule has 2 heterocycles. The van der Waals surface area contributed by atoms with Crippen LogP contribution in [0.1, 0.15) is 11.3 Å². The summed E-state index contributed by atoms with van der Waals surface area (Å²) in [6, 6.07) is 2.14. The van der Waals surface area contributed by atoms with Gasteiger partial charge in [0.15, 0.2) is 0 Å². The maximum atomic E-state index is 12.6. The number of nitrogens with one attached hydrogen (secondary N) is 1. The Morgan fingerprint density at radius 3 is 2.64 bits per heavy atom. The van der Waals surface area contributed by atoms with E-state index < -0.39 is 23.6 Å². The summed E-state index contributed by atoms with van der Waals surface area (Å²) >= 11 is 0. The Hall–Kier alpha value is -2.84. The van der Waals surface area contributed by atoms with E-state index in [1.807, 2.05) is 0 Å². The standard InChI is InChI=1S/C13H10F3N3O3/c14-13(15,16)8-1-2-10-18-9(7-19(10)6-8)5-17-11(20)3-4-12(21)22/h1-4,6-7H,5H2,(H,17,20)(H,21,22)/b4-3+. The largest absolute Gasteiger partial charge is 0.478 e. The third-order valence-corrected chi connectivity index (χ3v) is 2.65. The Kier molecular flexibility index (Phi) is 4.15. The van der Waals surface area contributed by atoms with Gasteiger partial charge in [-0.2, -0.15) is 13.2 Å². The number of imidazole rings is 1. The molecule has 2 N–H and O–H groups in total. The fourth-order valence-corrected chi connectivity index (χ4v) is 1.68. The van der Waals surface area contributed by atoms with Crippen LogP contribution in [0.25, 0.3) is 5.65 Å². The number of alkyl halides is 3. The summed E-state index contributed by atoms with van der Waals surface area (Å²) in [5.74, 6) is -1.90. The van der Waals surface area contributed by atoms with Gasteiger partial charge >= 0.3 is 12.1 Å². The van der Waals surface area contributed by atoms with Gasteiger partial charge < -0.3 is 14.8 Å². The Bertz CT molecular complexity index is 750. The van der Waals surface area contributed by atoms with Crippen LogP contribution in [0, 0.1) is 0 Å². The second-order valence-electron chi connectivity index (χ2n) is 4.30.